The molecule has 0 unspecified atom stereocenters. The summed E-state index contributed by atoms with van der Waals surface area (Å²) in [5, 5.41) is 0.0306. The lowest BCUT2D eigenvalue weighted by molar-refractivity contribution is 0.405. The molecule has 0 aliphatic carbocycles. The van der Waals surface area contributed by atoms with Crippen molar-refractivity contribution in [3.63, 3.8) is 0 Å². The lowest BCUT2D eigenvalue weighted by Gasteiger charge is -2.26. The second-order valence-electron chi connectivity index (χ2n) is 6.76. The summed E-state index contributed by atoms with van der Waals surface area (Å²) >= 11 is 0. The Kier molecular flexibility index (Phi) is 3.94. The molecule has 102 valence electrons. The lowest BCUT2D eigenvalue weighted by atomic mass is 9.81. The van der Waals surface area contributed by atoms with Crippen LogP contribution in [0.5, 0.6) is 0 Å². The smallest absolute Gasteiger partial charge is 0.184 e. The van der Waals surface area contributed by atoms with Gasteiger partial charge in [-0.25, -0.2) is 0 Å². The Bertz CT molecular complexity index is 437. The highest BCUT2D eigenvalue weighted by Gasteiger charge is 2.43. The Labute approximate surface area is 109 Å². The van der Waals surface area contributed by atoms with Crippen molar-refractivity contribution in [3.8, 4) is 0 Å². The molecule has 0 amide bonds. The fourth-order valence-electron chi connectivity index (χ4n) is 1.85. The van der Waals surface area contributed by atoms with Gasteiger partial charge in [0.1, 0.15) is 0 Å². The first-order valence-electron chi connectivity index (χ1n) is 6.03. The van der Waals surface area contributed by atoms with Crippen LogP contribution in [0.1, 0.15) is 52.7 Å². The molecular weight excluding hydrogens is 250 g/mol. The van der Waals surface area contributed by atoms with Crippen LogP contribution in [0.4, 0.5) is 4.20 Å². The number of benzene rings is 1. The predicted molar refractivity (Wildman–Crippen MR) is 75.9 cm³/mol. The Balaban J connectivity index is 3.50. The van der Waals surface area contributed by atoms with E-state index in [-0.39, 0.29) is 16.1 Å². The van der Waals surface area contributed by atoms with Gasteiger partial charge < -0.3 is 0 Å². The standard InChI is InChI=1S/C14H23FO2P/c1-13(2,3)10-7-8-12(18(15,16)17)11(9-10)14(4,5)6/h7-9,16-17H,1-6H3/q+1. The van der Waals surface area contributed by atoms with E-state index in [2.05, 4.69) is 20.8 Å². The van der Waals surface area contributed by atoms with Gasteiger partial charge in [0.15, 0.2) is 5.30 Å². The quantitative estimate of drug-likeness (QED) is 0.767. The molecule has 0 fully saturated rings. The van der Waals surface area contributed by atoms with Crippen molar-refractivity contribution >= 4 is 13.3 Å². The van der Waals surface area contributed by atoms with E-state index >= 15 is 0 Å². The topological polar surface area (TPSA) is 40.5 Å². The van der Waals surface area contributed by atoms with Crippen LogP contribution in [0, 0.1) is 0 Å². The largest absolute Gasteiger partial charge is 0.498 e. The summed E-state index contributed by atoms with van der Waals surface area (Å²) in [5.41, 5.74) is 1.33. The summed E-state index contributed by atoms with van der Waals surface area (Å²) in [5.74, 6) is 0. The van der Waals surface area contributed by atoms with Crippen LogP contribution in [-0.4, -0.2) is 9.79 Å². The fraction of sp³-hybridized carbons (Fsp3) is 0.571. The van der Waals surface area contributed by atoms with Gasteiger partial charge in [-0.2, -0.15) is 9.79 Å². The van der Waals surface area contributed by atoms with Gasteiger partial charge in [0.25, 0.3) is 0 Å². The van der Waals surface area contributed by atoms with Crippen LogP contribution < -0.4 is 5.30 Å². The summed E-state index contributed by atoms with van der Waals surface area (Å²) in [4.78, 5) is 18.7. The van der Waals surface area contributed by atoms with Gasteiger partial charge in [-0.15, -0.1) is 0 Å². The maximum Gasteiger partial charge on any atom is 0.498 e. The van der Waals surface area contributed by atoms with E-state index in [9.17, 15) is 14.0 Å². The molecule has 0 aliphatic heterocycles. The highest BCUT2D eigenvalue weighted by atomic mass is 31.2. The van der Waals surface area contributed by atoms with Crippen molar-refractivity contribution in [2.45, 2.75) is 52.4 Å². The zero-order chi connectivity index (χ0) is 14.4. The van der Waals surface area contributed by atoms with Gasteiger partial charge in [-0.05, 0) is 22.5 Å². The first-order valence-corrected chi connectivity index (χ1v) is 7.62. The molecule has 0 heterocycles. The lowest BCUT2D eigenvalue weighted by Crippen LogP contribution is -2.26. The van der Waals surface area contributed by atoms with Crippen LogP contribution >= 0.6 is 8.03 Å². The third-order valence-corrected chi connectivity index (χ3v) is 3.98. The molecule has 0 spiro atoms. The maximum absolute atomic E-state index is 13.6. The van der Waals surface area contributed by atoms with Gasteiger partial charge >= 0.3 is 8.03 Å². The fourth-order valence-corrected chi connectivity index (χ4v) is 2.82. The van der Waals surface area contributed by atoms with E-state index < -0.39 is 8.03 Å². The minimum Gasteiger partial charge on any atom is -0.184 e. The second-order valence-corrected chi connectivity index (χ2v) is 8.29. The molecule has 18 heavy (non-hydrogen) atoms. The molecular formula is C14H23FO2P+. The van der Waals surface area contributed by atoms with Gasteiger partial charge in [0, 0.05) is 9.76 Å². The maximum atomic E-state index is 13.6. The van der Waals surface area contributed by atoms with Crippen LogP contribution in [0.15, 0.2) is 18.2 Å². The van der Waals surface area contributed by atoms with Crippen LogP contribution in [0.25, 0.3) is 0 Å². The minimum absolute atomic E-state index is 0.0306. The third-order valence-electron chi connectivity index (χ3n) is 2.98. The van der Waals surface area contributed by atoms with E-state index in [1.54, 1.807) is 6.07 Å². The Morgan fingerprint density at radius 2 is 1.44 bits per heavy atom. The molecule has 0 bridgehead atoms. The molecule has 1 aromatic carbocycles. The normalized spacial score (nSPS) is 13.8. The van der Waals surface area contributed by atoms with E-state index in [1.165, 1.54) is 6.07 Å². The molecule has 0 saturated carbocycles. The molecule has 2 nitrogen and oxygen atoms in total. The summed E-state index contributed by atoms with van der Waals surface area (Å²) < 4.78 is 13.6. The molecule has 0 aromatic heterocycles. The van der Waals surface area contributed by atoms with Crippen molar-refractivity contribution in [2.75, 3.05) is 0 Å². The summed E-state index contributed by atoms with van der Waals surface area (Å²) in [6.07, 6.45) is 0. The van der Waals surface area contributed by atoms with Crippen LogP contribution in [0.2, 0.25) is 0 Å². The SMILES string of the molecule is CC(C)(C)c1ccc([P+](O)(O)F)c(C(C)(C)C)c1. The highest BCUT2D eigenvalue weighted by Crippen LogP contribution is 2.52. The van der Waals surface area contributed by atoms with Crippen LogP contribution in [0.3, 0.4) is 0 Å². The number of halogens is 1. The molecule has 0 aliphatic rings. The van der Waals surface area contributed by atoms with Crippen molar-refractivity contribution < 1.29 is 14.0 Å². The van der Waals surface area contributed by atoms with E-state index in [0.29, 0.717) is 5.56 Å². The molecule has 1 aromatic rings. The molecule has 1 rings (SSSR count). The molecule has 0 radical (unpaired) electrons. The zero-order valence-corrected chi connectivity index (χ0v) is 12.8. The Hall–Kier alpha value is -0.500. The second kappa shape index (κ2) is 4.56. The number of hydrogen-bond acceptors (Lipinski definition) is 2. The average Bonchev–Trinajstić information content (AvgIpc) is 2.12. The first kappa shape index (κ1) is 15.6. The molecule has 0 atom stereocenters. The minimum atomic E-state index is -4.47. The van der Waals surface area contributed by atoms with Gasteiger partial charge in [-0.3, -0.25) is 0 Å². The van der Waals surface area contributed by atoms with E-state index in [0.717, 1.165) is 5.56 Å². The van der Waals surface area contributed by atoms with E-state index in [1.807, 2.05) is 26.8 Å². The summed E-state index contributed by atoms with van der Waals surface area (Å²) in [6.45, 7) is 12.0. The van der Waals surface area contributed by atoms with Crippen molar-refractivity contribution in [2.24, 2.45) is 0 Å². The van der Waals surface area contributed by atoms with Crippen molar-refractivity contribution in [1.29, 1.82) is 0 Å². The third kappa shape index (κ3) is 3.50. The molecule has 2 N–H and O–H groups in total. The summed E-state index contributed by atoms with van der Waals surface area (Å²) in [7, 11) is -4.47. The van der Waals surface area contributed by atoms with E-state index in [4.69, 9.17) is 0 Å². The molecule has 0 saturated heterocycles. The van der Waals surface area contributed by atoms with Crippen molar-refractivity contribution in [1.82, 2.24) is 0 Å². The Morgan fingerprint density at radius 1 is 0.944 bits per heavy atom. The highest BCUT2D eigenvalue weighted by molar-refractivity contribution is 7.67. The number of hydrogen-bond donors (Lipinski definition) is 2. The van der Waals surface area contributed by atoms with Crippen molar-refractivity contribution in [3.05, 3.63) is 29.3 Å². The summed E-state index contributed by atoms with van der Waals surface area (Å²) in [6, 6.07) is 5.16. The monoisotopic (exact) mass is 273 g/mol. The number of rotatable bonds is 1. The van der Waals surface area contributed by atoms with Gasteiger partial charge in [0.2, 0.25) is 0 Å². The van der Waals surface area contributed by atoms with Gasteiger partial charge in [-0.1, -0.05) is 53.7 Å². The van der Waals surface area contributed by atoms with Gasteiger partial charge in [0.05, 0.1) is 0 Å². The first-order chi connectivity index (χ1) is 7.83. The zero-order valence-electron chi connectivity index (χ0n) is 12.0. The molecule has 4 heteroatoms. The Morgan fingerprint density at radius 3 is 1.78 bits per heavy atom. The average molecular weight is 273 g/mol. The van der Waals surface area contributed by atoms with Crippen LogP contribution in [-0.2, 0) is 10.8 Å². The predicted octanol–water partition coefficient (Wildman–Crippen LogP) is 3.62.